The average molecular weight is 400 g/mol. The first-order valence-corrected chi connectivity index (χ1v) is 9.26. The zero-order chi connectivity index (χ0) is 20.5. The fraction of sp³-hybridized carbons (Fsp3) is 0.350. The van der Waals surface area contributed by atoms with E-state index in [4.69, 9.17) is 16.1 Å². The molecule has 0 aliphatic carbocycles. The second-order valence-electron chi connectivity index (χ2n) is 7.67. The minimum absolute atomic E-state index is 0.0401. The Morgan fingerprint density at radius 3 is 2.57 bits per heavy atom. The number of amides is 1. The molecular weight excluding hydrogens is 378 g/mol. The van der Waals surface area contributed by atoms with Crippen molar-refractivity contribution in [3.63, 3.8) is 0 Å². The molecule has 1 amide bonds. The van der Waals surface area contributed by atoms with Gasteiger partial charge in [0.1, 0.15) is 11.5 Å². The van der Waals surface area contributed by atoms with Gasteiger partial charge in [-0.2, -0.15) is 4.98 Å². The van der Waals surface area contributed by atoms with E-state index in [-0.39, 0.29) is 17.3 Å². The molecule has 1 aromatic carbocycles. The predicted octanol–water partition coefficient (Wildman–Crippen LogP) is 4.28. The van der Waals surface area contributed by atoms with Crippen LogP contribution >= 0.6 is 11.6 Å². The quantitative estimate of drug-likeness (QED) is 0.658. The number of aryl methyl sites for hydroxylation is 1. The van der Waals surface area contributed by atoms with Gasteiger partial charge in [-0.15, -0.1) is 0 Å². The number of rotatable bonds is 4. The Balaban J connectivity index is 1.76. The lowest BCUT2D eigenvalue weighted by Crippen LogP contribution is -2.27. The van der Waals surface area contributed by atoms with Gasteiger partial charge in [-0.25, -0.2) is 9.97 Å². The molecule has 2 heterocycles. The molecule has 0 saturated heterocycles. The lowest BCUT2D eigenvalue weighted by atomic mass is 9.96. The van der Waals surface area contributed by atoms with Gasteiger partial charge in [0, 0.05) is 17.0 Å². The maximum atomic E-state index is 12.5. The second kappa shape index (κ2) is 7.67. The van der Waals surface area contributed by atoms with Crippen LogP contribution < -0.4 is 5.32 Å². The van der Waals surface area contributed by atoms with Crippen molar-refractivity contribution in [1.82, 2.24) is 25.4 Å². The predicted molar refractivity (Wildman–Crippen MR) is 106 cm³/mol. The molecule has 7 nitrogen and oxygen atoms in total. The van der Waals surface area contributed by atoms with Crippen molar-refractivity contribution >= 4 is 17.5 Å². The molecule has 8 heteroatoms. The van der Waals surface area contributed by atoms with Gasteiger partial charge in [0.25, 0.3) is 0 Å². The number of hydrogen-bond acceptors (Lipinski definition) is 6. The molecule has 0 saturated carbocycles. The van der Waals surface area contributed by atoms with Crippen LogP contribution in [0.2, 0.25) is 5.15 Å². The van der Waals surface area contributed by atoms with Crippen LogP contribution in [0.25, 0.3) is 11.3 Å². The van der Waals surface area contributed by atoms with Crippen molar-refractivity contribution in [2.75, 3.05) is 0 Å². The number of benzene rings is 1. The van der Waals surface area contributed by atoms with Gasteiger partial charge in [-0.1, -0.05) is 49.7 Å². The Morgan fingerprint density at radius 2 is 1.96 bits per heavy atom. The summed E-state index contributed by atoms with van der Waals surface area (Å²) in [5.74, 6) is 0.0533. The molecule has 0 bridgehead atoms. The summed E-state index contributed by atoms with van der Waals surface area (Å²) in [5, 5.41) is 7.18. The van der Waals surface area contributed by atoms with Gasteiger partial charge < -0.3 is 9.84 Å². The first-order valence-electron chi connectivity index (χ1n) is 8.88. The van der Waals surface area contributed by atoms with Gasteiger partial charge in [0.05, 0.1) is 11.7 Å². The van der Waals surface area contributed by atoms with Crippen LogP contribution in [-0.4, -0.2) is 26.0 Å². The van der Waals surface area contributed by atoms with Crippen LogP contribution in [0.4, 0.5) is 0 Å². The van der Waals surface area contributed by atoms with E-state index in [0.29, 0.717) is 11.0 Å². The molecule has 146 valence electrons. The minimum Gasteiger partial charge on any atom is -0.341 e. The maximum Gasteiger partial charge on any atom is 0.315 e. The highest BCUT2D eigenvalue weighted by Gasteiger charge is 2.24. The zero-order valence-corrected chi connectivity index (χ0v) is 17.2. The summed E-state index contributed by atoms with van der Waals surface area (Å²) in [4.78, 5) is 24.8. The van der Waals surface area contributed by atoms with Gasteiger partial charge in [0.2, 0.25) is 0 Å². The third-order valence-corrected chi connectivity index (χ3v) is 4.51. The third kappa shape index (κ3) is 4.36. The molecule has 1 N–H and O–H groups in total. The third-order valence-electron chi connectivity index (χ3n) is 4.30. The molecule has 0 aliphatic rings. The van der Waals surface area contributed by atoms with Gasteiger partial charge in [0.15, 0.2) is 5.82 Å². The number of carbonyl (C=O) groups excluding carboxylic acids is 1. The Hall–Kier alpha value is -2.80. The van der Waals surface area contributed by atoms with Crippen LogP contribution in [0.15, 0.2) is 35.1 Å². The number of hydrogen-bond donors (Lipinski definition) is 1. The molecule has 0 radical (unpaired) electrons. The lowest BCUT2D eigenvalue weighted by molar-refractivity contribution is 0.0895. The number of halogens is 1. The number of carbonyl (C=O) groups is 1. The van der Waals surface area contributed by atoms with Crippen LogP contribution in [0.3, 0.4) is 0 Å². The van der Waals surface area contributed by atoms with Crippen molar-refractivity contribution in [3.05, 3.63) is 58.6 Å². The van der Waals surface area contributed by atoms with Crippen LogP contribution in [0.1, 0.15) is 61.4 Å². The molecule has 0 fully saturated rings. The van der Waals surface area contributed by atoms with E-state index in [9.17, 15) is 4.79 Å². The number of nitrogens with zero attached hydrogens (tertiary/aromatic N) is 4. The summed E-state index contributed by atoms with van der Waals surface area (Å²) in [6.07, 6.45) is 1.43. The van der Waals surface area contributed by atoms with E-state index in [1.165, 1.54) is 6.33 Å². The minimum atomic E-state index is -0.401. The first kappa shape index (κ1) is 19.9. The Kier molecular flexibility index (Phi) is 5.47. The molecule has 2 aromatic heterocycles. The summed E-state index contributed by atoms with van der Waals surface area (Å²) >= 11 is 5.94. The second-order valence-corrected chi connectivity index (χ2v) is 8.05. The smallest absolute Gasteiger partial charge is 0.315 e. The van der Waals surface area contributed by atoms with Crippen molar-refractivity contribution in [3.8, 4) is 11.3 Å². The van der Waals surface area contributed by atoms with E-state index in [1.807, 2.05) is 52.8 Å². The maximum absolute atomic E-state index is 12.5. The Bertz CT molecular complexity index is 1010. The molecule has 28 heavy (non-hydrogen) atoms. The Morgan fingerprint density at radius 1 is 1.21 bits per heavy atom. The van der Waals surface area contributed by atoms with Crippen LogP contribution in [-0.2, 0) is 5.41 Å². The lowest BCUT2D eigenvalue weighted by Gasteiger charge is -2.16. The Labute approximate surface area is 168 Å². The molecule has 3 rings (SSSR count). The van der Waals surface area contributed by atoms with Gasteiger partial charge in [-0.3, -0.25) is 4.79 Å². The van der Waals surface area contributed by atoms with Crippen LogP contribution in [0, 0.1) is 6.92 Å². The van der Waals surface area contributed by atoms with E-state index in [1.54, 1.807) is 6.07 Å². The molecule has 1 atom stereocenters. The highest BCUT2D eigenvalue weighted by molar-refractivity contribution is 6.29. The zero-order valence-electron chi connectivity index (χ0n) is 16.4. The van der Waals surface area contributed by atoms with E-state index < -0.39 is 5.91 Å². The largest absolute Gasteiger partial charge is 0.341 e. The topological polar surface area (TPSA) is 93.8 Å². The van der Waals surface area contributed by atoms with Crippen molar-refractivity contribution in [2.45, 2.75) is 46.1 Å². The molecule has 0 aliphatic heterocycles. The molecular formula is C20H22ClN5O2. The van der Waals surface area contributed by atoms with Crippen molar-refractivity contribution in [2.24, 2.45) is 0 Å². The number of nitrogens with one attached hydrogen (secondary N) is 1. The fourth-order valence-electron chi connectivity index (χ4n) is 2.77. The summed E-state index contributed by atoms with van der Waals surface area (Å²) in [6.45, 7) is 9.75. The van der Waals surface area contributed by atoms with E-state index in [0.717, 1.165) is 22.4 Å². The summed E-state index contributed by atoms with van der Waals surface area (Å²) < 4.78 is 5.11. The van der Waals surface area contributed by atoms with Gasteiger partial charge >= 0.3 is 11.8 Å². The van der Waals surface area contributed by atoms with Crippen molar-refractivity contribution in [1.29, 1.82) is 0 Å². The molecule has 3 aromatic rings. The van der Waals surface area contributed by atoms with E-state index >= 15 is 0 Å². The highest BCUT2D eigenvalue weighted by Crippen LogP contribution is 2.25. The van der Waals surface area contributed by atoms with Crippen molar-refractivity contribution < 1.29 is 9.32 Å². The first-order chi connectivity index (χ1) is 13.1. The summed E-state index contributed by atoms with van der Waals surface area (Å²) in [7, 11) is 0. The van der Waals surface area contributed by atoms with Gasteiger partial charge in [-0.05, 0) is 31.0 Å². The van der Waals surface area contributed by atoms with E-state index in [2.05, 4.69) is 25.4 Å². The van der Waals surface area contributed by atoms with Crippen LogP contribution in [0.5, 0.6) is 0 Å². The molecule has 0 unspecified atom stereocenters. The average Bonchev–Trinajstić information content (AvgIpc) is 3.12. The fourth-order valence-corrected chi connectivity index (χ4v) is 2.92. The summed E-state index contributed by atoms with van der Waals surface area (Å²) in [6, 6.07) is 7.37. The summed E-state index contributed by atoms with van der Waals surface area (Å²) in [5.41, 5.74) is 3.38. The SMILES string of the molecule is Cc1cc(-c2cc(Cl)ncn2)ccc1[C@@H](C)NC(=O)c1nc(C(C)(C)C)no1. The standard InChI is InChI=1S/C20H22ClN5O2/c1-11-8-13(15-9-16(21)23-10-22-15)6-7-14(11)12(2)24-17(27)18-25-19(26-28-18)20(3,4)5/h6-10,12H,1-5H3,(H,24,27)/t12-/m1/s1. The number of aromatic nitrogens is 4. The monoisotopic (exact) mass is 399 g/mol. The highest BCUT2D eigenvalue weighted by atomic mass is 35.5. The normalized spacial score (nSPS) is 12.6. The molecule has 0 spiro atoms.